The molecule has 0 fully saturated rings. The molecule has 0 radical (unpaired) electrons. The fourth-order valence-electron chi connectivity index (χ4n) is 2.82. The van der Waals surface area contributed by atoms with Crippen molar-refractivity contribution in [1.82, 2.24) is 9.97 Å². The van der Waals surface area contributed by atoms with Gasteiger partial charge in [-0.3, -0.25) is 19.6 Å². The smallest absolute Gasteiger partial charge is 0.163 e. The third-order valence-electron chi connectivity index (χ3n) is 4.14. The molecule has 126 valence electrons. The van der Waals surface area contributed by atoms with Crippen molar-refractivity contribution in [2.45, 2.75) is 25.7 Å². The van der Waals surface area contributed by atoms with Crippen LogP contribution in [0.1, 0.15) is 49.9 Å². The van der Waals surface area contributed by atoms with Crippen LogP contribution in [-0.4, -0.2) is 21.5 Å². The molecular formula is C20H18N2O2S. The Morgan fingerprint density at radius 1 is 0.880 bits per heavy atom. The lowest BCUT2D eigenvalue weighted by Crippen LogP contribution is -2.12. The molecule has 3 aromatic heterocycles. The van der Waals surface area contributed by atoms with Gasteiger partial charge in [-0.05, 0) is 48.2 Å². The van der Waals surface area contributed by atoms with Crippen molar-refractivity contribution in [3.63, 3.8) is 0 Å². The molecule has 25 heavy (non-hydrogen) atoms. The molecule has 0 saturated carbocycles. The van der Waals surface area contributed by atoms with Crippen molar-refractivity contribution >= 4 is 22.9 Å². The molecule has 0 unspecified atom stereocenters. The number of aryl methyl sites for hydroxylation is 1. The molecule has 5 heteroatoms. The monoisotopic (exact) mass is 350 g/mol. The summed E-state index contributed by atoms with van der Waals surface area (Å²) in [6.45, 7) is 2.02. The van der Waals surface area contributed by atoms with Crippen LogP contribution in [0.15, 0.2) is 60.5 Å². The van der Waals surface area contributed by atoms with E-state index in [-0.39, 0.29) is 17.5 Å². The minimum absolute atomic E-state index is 0.0303. The van der Waals surface area contributed by atoms with E-state index < -0.39 is 0 Å². The molecular weight excluding hydrogens is 332 g/mol. The number of pyridine rings is 2. The first kappa shape index (κ1) is 17.2. The minimum atomic E-state index is -0.124. The van der Waals surface area contributed by atoms with E-state index in [0.717, 1.165) is 10.4 Å². The molecule has 0 aliphatic heterocycles. The summed E-state index contributed by atoms with van der Waals surface area (Å²) >= 11 is 1.60. The Kier molecular flexibility index (Phi) is 5.46. The number of Topliss-reactive ketones (excluding diaryl/α,β-unsaturated/α-hetero) is 2. The summed E-state index contributed by atoms with van der Waals surface area (Å²) in [5, 5.41) is 2.01. The van der Waals surface area contributed by atoms with Crippen LogP contribution < -0.4 is 0 Å². The van der Waals surface area contributed by atoms with E-state index in [1.165, 1.54) is 0 Å². The molecule has 0 N–H and O–H groups in total. The van der Waals surface area contributed by atoms with E-state index >= 15 is 0 Å². The maximum absolute atomic E-state index is 12.6. The van der Waals surface area contributed by atoms with Crippen molar-refractivity contribution in [2.24, 2.45) is 0 Å². The summed E-state index contributed by atoms with van der Waals surface area (Å²) < 4.78 is 0. The lowest BCUT2D eigenvalue weighted by atomic mass is 9.89. The molecule has 0 spiro atoms. The fourth-order valence-corrected chi connectivity index (χ4v) is 3.85. The van der Waals surface area contributed by atoms with Gasteiger partial charge in [0.25, 0.3) is 0 Å². The van der Waals surface area contributed by atoms with E-state index in [0.29, 0.717) is 24.0 Å². The second kappa shape index (κ2) is 7.94. The normalized spacial score (nSPS) is 10.8. The van der Waals surface area contributed by atoms with Crippen LogP contribution in [0, 0.1) is 6.92 Å². The van der Waals surface area contributed by atoms with Gasteiger partial charge in [0.05, 0.1) is 0 Å². The van der Waals surface area contributed by atoms with Gasteiger partial charge in [0.15, 0.2) is 11.6 Å². The molecule has 3 heterocycles. The Labute approximate surface area is 150 Å². The Balaban J connectivity index is 1.82. The molecule has 0 atom stereocenters. The van der Waals surface area contributed by atoms with Gasteiger partial charge in [-0.25, -0.2) is 0 Å². The number of nitrogens with zero attached hydrogens (tertiary/aromatic N) is 2. The zero-order valence-corrected chi connectivity index (χ0v) is 14.7. The van der Waals surface area contributed by atoms with Gasteiger partial charge < -0.3 is 0 Å². The molecule has 0 amide bonds. The maximum atomic E-state index is 12.6. The fraction of sp³-hybridized carbons (Fsp3) is 0.200. The van der Waals surface area contributed by atoms with Crippen molar-refractivity contribution in [2.75, 3.05) is 0 Å². The SMILES string of the molecule is Cc1ccsc1C(CC(=O)c1ccncc1)CC(=O)c1ccncc1. The molecule has 0 aromatic carbocycles. The number of carbonyl (C=O) groups is 2. The second-order valence-corrected chi connectivity index (χ2v) is 6.84. The lowest BCUT2D eigenvalue weighted by molar-refractivity contribution is 0.0945. The van der Waals surface area contributed by atoms with Crippen LogP contribution in [0.3, 0.4) is 0 Å². The summed E-state index contributed by atoms with van der Waals surface area (Å²) in [5.74, 6) is -0.0632. The van der Waals surface area contributed by atoms with E-state index in [1.807, 2.05) is 18.4 Å². The Morgan fingerprint density at radius 2 is 1.36 bits per heavy atom. The van der Waals surface area contributed by atoms with Gasteiger partial charge in [-0.2, -0.15) is 0 Å². The Hall–Kier alpha value is -2.66. The van der Waals surface area contributed by atoms with Crippen LogP contribution in [-0.2, 0) is 0 Å². The Bertz CT molecular complexity index is 806. The number of thiophene rings is 1. The van der Waals surface area contributed by atoms with Gasteiger partial charge in [0.2, 0.25) is 0 Å². The zero-order valence-electron chi connectivity index (χ0n) is 13.9. The second-order valence-electron chi connectivity index (χ2n) is 5.89. The van der Waals surface area contributed by atoms with Crippen molar-refractivity contribution in [3.05, 3.63) is 82.1 Å². The number of aromatic nitrogens is 2. The molecule has 3 rings (SSSR count). The largest absolute Gasteiger partial charge is 0.294 e. The van der Waals surface area contributed by atoms with E-state index in [2.05, 4.69) is 9.97 Å². The zero-order chi connectivity index (χ0) is 17.6. The van der Waals surface area contributed by atoms with Gasteiger partial charge in [0.1, 0.15) is 0 Å². The molecule has 4 nitrogen and oxygen atoms in total. The van der Waals surface area contributed by atoms with Crippen LogP contribution >= 0.6 is 11.3 Å². The van der Waals surface area contributed by atoms with Crippen LogP contribution in [0.5, 0.6) is 0 Å². The lowest BCUT2D eigenvalue weighted by Gasteiger charge is -2.15. The van der Waals surface area contributed by atoms with Crippen LogP contribution in [0.25, 0.3) is 0 Å². The van der Waals surface area contributed by atoms with E-state index in [4.69, 9.17) is 0 Å². The van der Waals surface area contributed by atoms with Crippen LogP contribution in [0.4, 0.5) is 0 Å². The van der Waals surface area contributed by atoms with Crippen molar-refractivity contribution < 1.29 is 9.59 Å². The summed E-state index contributed by atoms with van der Waals surface area (Å²) in [4.78, 5) is 34.3. The highest BCUT2D eigenvalue weighted by Crippen LogP contribution is 2.33. The summed E-state index contributed by atoms with van der Waals surface area (Å²) in [6, 6.07) is 8.88. The predicted molar refractivity (Wildman–Crippen MR) is 98.2 cm³/mol. The summed E-state index contributed by atoms with van der Waals surface area (Å²) in [5.41, 5.74) is 2.39. The average Bonchev–Trinajstić information content (AvgIpc) is 3.08. The first-order chi connectivity index (χ1) is 12.1. The third kappa shape index (κ3) is 4.25. The van der Waals surface area contributed by atoms with Gasteiger partial charge in [-0.1, -0.05) is 0 Å². The number of hydrogen-bond donors (Lipinski definition) is 0. The topological polar surface area (TPSA) is 59.9 Å². The minimum Gasteiger partial charge on any atom is -0.294 e. The number of ketones is 2. The maximum Gasteiger partial charge on any atom is 0.163 e. The van der Waals surface area contributed by atoms with Gasteiger partial charge in [0, 0.05) is 59.6 Å². The molecule has 0 saturated heterocycles. The number of rotatable bonds is 7. The summed E-state index contributed by atoms with van der Waals surface area (Å²) in [7, 11) is 0. The van der Waals surface area contributed by atoms with Crippen molar-refractivity contribution in [3.8, 4) is 0 Å². The average molecular weight is 350 g/mol. The number of hydrogen-bond acceptors (Lipinski definition) is 5. The van der Waals surface area contributed by atoms with Gasteiger partial charge >= 0.3 is 0 Å². The quantitative estimate of drug-likeness (QED) is 0.590. The predicted octanol–water partition coefficient (Wildman–Crippen LogP) is 4.48. The number of carbonyl (C=O) groups excluding carboxylic acids is 2. The molecule has 0 aliphatic rings. The van der Waals surface area contributed by atoms with Crippen molar-refractivity contribution in [1.29, 1.82) is 0 Å². The first-order valence-corrected chi connectivity index (χ1v) is 8.93. The first-order valence-electron chi connectivity index (χ1n) is 8.05. The highest BCUT2D eigenvalue weighted by Gasteiger charge is 2.23. The van der Waals surface area contributed by atoms with Gasteiger partial charge in [-0.15, -0.1) is 11.3 Å². The molecule has 3 aromatic rings. The standard InChI is InChI=1S/C20H18N2O2S/c1-14-6-11-25-20(14)17(12-18(23)15-2-7-21-8-3-15)13-19(24)16-4-9-22-10-5-16/h2-11,17H,12-13H2,1H3. The Morgan fingerprint density at radius 3 is 1.76 bits per heavy atom. The third-order valence-corrected chi connectivity index (χ3v) is 5.32. The van der Waals surface area contributed by atoms with E-state index in [1.54, 1.807) is 60.4 Å². The van der Waals surface area contributed by atoms with Crippen LogP contribution in [0.2, 0.25) is 0 Å². The van der Waals surface area contributed by atoms with E-state index in [9.17, 15) is 9.59 Å². The molecule has 0 bridgehead atoms. The highest BCUT2D eigenvalue weighted by atomic mass is 32.1. The summed E-state index contributed by atoms with van der Waals surface area (Å²) in [6.07, 6.45) is 7.06. The highest BCUT2D eigenvalue weighted by molar-refractivity contribution is 7.10. The molecule has 0 aliphatic carbocycles.